The average molecular weight is 1230 g/mol. The summed E-state index contributed by atoms with van der Waals surface area (Å²) in [6, 6.07) is -6.42. The number of carbonyl (C=O) groups excluding carboxylic acids is 4. The van der Waals surface area contributed by atoms with E-state index >= 15 is 0 Å². The fraction of sp³-hybridized carbons (Fsp3) is 0.870. The van der Waals surface area contributed by atoms with Crippen LogP contribution < -0.4 is 21.3 Å². The van der Waals surface area contributed by atoms with E-state index in [1.54, 1.807) is 0 Å². The minimum atomic E-state index is -3.26. The molecule has 0 unspecified atom stereocenters. The first kappa shape index (κ1) is 70.5. The maximum absolute atomic E-state index is 13.3. The number of aliphatic hydroxyl groups excluding tert-OH is 16. The van der Waals surface area contributed by atoms with Gasteiger partial charge in [0.05, 0.1) is 76.6 Å². The molecule has 28 atom stereocenters. The van der Waals surface area contributed by atoms with Gasteiger partial charge in [0, 0.05) is 33.6 Å². The van der Waals surface area contributed by atoms with E-state index < -0.39 is 259 Å². The minimum Gasteiger partial charge on any atom is -0.477 e. The van der Waals surface area contributed by atoms with Crippen LogP contribution in [0.15, 0.2) is 0 Å². The van der Waals surface area contributed by atoms with Crippen LogP contribution in [0.25, 0.3) is 0 Å². The minimum absolute atomic E-state index is 0.260. The highest BCUT2D eigenvalue weighted by atomic mass is 16.8. The van der Waals surface area contributed by atoms with Crippen LogP contribution in [0.3, 0.4) is 0 Å². The first-order valence-electron chi connectivity index (χ1n) is 26.1. The summed E-state index contributed by atoms with van der Waals surface area (Å²) in [5.41, 5.74) is 0. The van der Waals surface area contributed by atoms with E-state index in [1.807, 2.05) is 0 Å². The summed E-state index contributed by atoms with van der Waals surface area (Å²) in [6.45, 7) is -4.15. The molecule has 0 aromatic carbocycles. The number of carboxylic acid groups (broad SMARTS) is 2. The Hall–Kier alpha value is -4.22. The lowest BCUT2D eigenvalue weighted by molar-refractivity contribution is -0.376. The molecule has 0 aromatic heterocycles. The first-order valence-corrected chi connectivity index (χ1v) is 26.1. The molecule has 484 valence electrons. The van der Waals surface area contributed by atoms with Gasteiger partial charge in [0.25, 0.3) is 11.6 Å². The van der Waals surface area contributed by atoms with Crippen molar-refractivity contribution in [3.05, 3.63) is 0 Å². The molecule has 5 aliphatic heterocycles. The van der Waals surface area contributed by atoms with E-state index in [0.29, 0.717) is 0 Å². The molecule has 84 heavy (non-hydrogen) atoms. The van der Waals surface area contributed by atoms with E-state index in [4.69, 9.17) is 47.4 Å². The molecule has 22 N–H and O–H groups in total. The van der Waals surface area contributed by atoms with Crippen molar-refractivity contribution in [2.75, 3.05) is 46.2 Å². The maximum atomic E-state index is 13.3. The molecule has 0 bridgehead atoms. The number of rotatable bonds is 28. The second-order valence-electron chi connectivity index (χ2n) is 20.5. The highest BCUT2D eigenvalue weighted by Gasteiger charge is 2.61. The van der Waals surface area contributed by atoms with Crippen molar-refractivity contribution in [2.45, 2.75) is 204 Å². The van der Waals surface area contributed by atoms with E-state index in [-0.39, 0.29) is 6.41 Å². The Morgan fingerprint density at radius 3 is 1.51 bits per heavy atom. The SMILES string of the molecule is CC(=O)N[C@H]1[C@H](O[C@@H]2[C@H](O)[C@@H](O)[C@H](O[C@H]3[C@H](O)[C@@H](O)[C@H](OC[C@@H](CO)NC=O)O[C@@H]3CO)O[C@@H]2CO)O[C@H](CO[C@]2(C(=O)O)C[C@H](O)[C@@H](NC(C)=O)[C@H]([C@H](O)[C@@H](CO)O[C@]3(C(=O)O)C[C@H](O)[C@@H](NC(C)=O)[C@H]([C@H](O)[C@H](O)CO)O3)O2)[C@H](O)[C@@H]1O. The van der Waals surface area contributed by atoms with Gasteiger partial charge >= 0.3 is 11.9 Å². The van der Waals surface area contributed by atoms with Gasteiger partial charge in [-0.3, -0.25) is 19.2 Å². The topological polar surface area (TPSA) is 607 Å². The van der Waals surface area contributed by atoms with E-state index in [2.05, 4.69) is 21.3 Å². The number of hydrogen-bond donors (Lipinski definition) is 22. The zero-order chi connectivity index (χ0) is 62.9. The summed E-state index contributed by atoms with van der Waals surface area (Å²) in [6.07, 6.45) is -48.0. The molecule has 5 saturated heterocycles. The monoisotopic (exact) mass is 1230 g/mol. The smallest absolute Gasteiger partial charge is 0.364 e. The Balaban J connectivity index is 1.38. The van der Waals surface area contributed by atoms with Crippen LogP contribution in [0.2, 0.25) is 0 Å². The van der Waals surface area contributed by atoms with Crippen molar-refractivity contribution in [1.82, 2.24) is 21.3 Å². The quantitative estimate of drug-likeness (QED) is 0.0324. The Labute approximate surface area is 475 Å². The Bertz CT molecular complexity index is 2180. The summed E-state index contributed by atoms with van der Waals surface area (Å²) in [5.74, 6) is -13.5. The van der Waals surface area contributed by atoms with E-state index in [0.717, 1.165) is 20.8 Å². The molecule has 5 heterocycles. The summed E-state index contributed by atoms with van der Waals surface area (Å²) in [5, 5.41) is 203. The van der Waals surface area contributed by atoms with Crippen molar-refractivity contribution in [3.8, 4) is 0 Å². The van der Waals surface area contributed by atoms with Gasteiger partial charge in [-0.1, -0.05) is 0 Å². The van der Waals surface area contributed by atoms with Gasteiger partial charge in [-0.05, 0) is 0 Å². The van der Waals surface area contributed by atoms with Crippen molar-refractivity contribution in [3.63, 3.8) is 0 Å². The summed E-state index contributed by atoms with van der Waals surface area (Å²) in [4.78, 5) is 74.1. The molecule has 5 fully saturated rings. The third kappa shape index (κ3) is 16.1. The van der Waals surface area contributed by atoms with Gasteiger partial charge in [-0.2, -0.15) is 0 Å². The molecule has 5 rings (SSSR count). The number of ether oxygens (including phenoxy) is 10. The number of carbonyl (C=O) groups is 6. The zero-order valence-corrected chi connectivity index (χ0v) is 45.0. The fourth-order valence-electron chi connectivity index (χ4n) is 10.1. The highest BCUT2D eigenvalue weighted by molar-refractivity contribution is 5.77. The highest BCUT2D eigenvalue weighted by Crippen LogP contribution is 2.40. The zero-order valence-electron chi connectivity index (χ0n) is 45.0. The molecule has 38 heteroatoms. The van der Waals surface area contributed by atoms with Crippen LogP contribution in [0.5, 0.6) is 0 Å². The third-order valence-corrected chi connectivity index (χ3v) is 14.5. The van der Waals surface area contributed by atoms with Crippen LogP contribution >= 0.6 is 0 Å². The molecule has 0 saturated carbocycles. The number of aliphatic carboxylic acids is 2. The molecule has 4 amide bonds. The van der Waals surface area contributed by atoms with Crippen molar-refractivity contribution < 1.29 is 168 Å². The largest absolute Gasteiger partial charge is 0.477 e. The lowest BCUT2D eigenvalue weighted by atomic mass is 9.87. The van der Waals surface area contributed by atoms with Crippen LogP contribution in [-0.2, 0) is 76.1 Å². The van der Waals surface area contributed by atoms with Crippen LogP contribution in [0.4, 0.5) is 0 Å². The van der Waals surface area contributed by atoms with Gasteiger partial charge in [0.2, 0.25) is 24.1 Å². The van der Waals surface area contributed by atoms with Gasteiger partial charge in [0.15, 0.2) is 18.9 Å². The number of amides is 4. The van der Waals surface area contributed by atoms with Crippen LogP contribution in [-0.4, -0.2) is 345 Å². The molecular formula is C46H76N4O34. The van der Waals surface area contributed by atoms with E-state index in [9.17, 15) is 121 Å². The predicted octanol–water partition coefficient (Wildman–Crippen LogP) is -14.0. The number of carboxylic acids is 2. The van der Waals surface area contributed by atoms with Crippen LogP contribution in [0, 0.1) is 0 Å². The summed E-state index contributed by atoms with van der Waals surface area (Å²) < 4.78 is 56.6. The summed E-state index contributed by atoms with van der Waals surface area (Å²) in [7, 11) is 0. The van der Waals surface area contributed by atoms with Gasteiger partial charge in [-0.25, -0.2) is 9.59 Å². The van der Waals surface area contributed by atoms with Gasteiger partial charge in [0.1, 0.15) is 110 Å². The average Bonchev–Trinajstić information content (AvgIpc) is 1.59. The fourth-order valence-corrected chi connectivity index (χ4v) is 10.1. The molecule has 0 radical (unpaired) electrons. The predicted molar refractivity (Wildman–Crippen MR) is 260 cm³/mol. The Morgan fingerprint density at radius 2 is 1.04 bits per heavy atom. The van der Waals surface area contributed by atoms with E-state index in [1.165, 1.54) is 0 Å². The number of hydrogen-bond acceptors (Lipinski definition) is 32. The maximum Gasteiger partial charge on any atom is 0.364 e. The van der Waals surface area contributed by atoms with Gasteiger partial charge < -0.3 is 161 Å². The molecule has 38 nitrogen and oxygen atoms in total. The standard InChI is InChI=1S/C46H76N4O34/c1-14(57)48-25-19(61)5-46(44(73)74,84-38(25)28(63)20(62)7-52)82-21(8-53)30(65)39-26(49-15(2)58)18(60)4-45(83-39,43(71)72)76-12-24-29(64)31(66)27(50-16(3)59)40(79-24)80-36-23(10-55)78-42(35(70)33(36)68)81-37-22(9-54)77-41(34(69)32(37)67)75-11-17(6-51)47-13-56/h13,17-42,51-55,60-70H,4-12H2,1-3H3,(H,47,56)(H,48,57)(H,49,58)(H,50,59)(H,71,72)(H,73,74)/t17-,18+,19+,20-,21-,22-,23-,24-,25-,26-,27-,28-,29+,30-,31-,32-,33-,34-,35-,36+,37-,38-,39-,40+,41-,42+,45-,46-/m1/s1. The van der Waals surface area contributed by atoms with Gasteiger partial charge in [-0.15, -0.1) is 0 Å². The molecule has 0 aliphatic carbocycles. The third-order valence-electron chi connectivity index (χ3n) is 14.5. The van der Waals surface area contributed by atoms with Crippen molar-refractivity contribution in [1.29, 1.82) is 0 Å². The first-order chi connectivity index (χ1) is 39.5. The second kappa shape index (κ2) is 30.6. The molecular weight excluding hydrogens is 1150 g/mol. The molecule has 5 aliphatic rings. The lowest BCUT2D eigenvalue weighted by Gasteiger charge is -2.50. The summed E-state index contributed by atoms with van der Waals surface area (Å²) >= 11 is 0. The van der Waals surface area contributed by atoms with Crippen molar-refractivity contribution in [2.24, 2.45) is 0 Å². The number of aliphatic hydroxyl groups is 16. The molecule has 0 aromatic rings. The Morgan fingerprint density at radius 1 is 0.571 bits per heavy atom. The number of nitrogens with one attached hydrogen (secondary N) is 4. The molecule has 0 spiro atoms. The normalized spacial score (nSPS) is 40.9. The van der Waals surface area contributed by atoms with Crippen LogP contribution in [0.1, 0.15) is 33.6 Å². The Kier molecular flexibility index (Phi) is 25.7. The van der Waals surface area contributed by atoms with Crippen molar-refractivity contribution >= 4 is 36.1 Å². The second-order valence-corrected chi connectivity index (χ2v) is 20.5. The lowest BCUT2D eigenvalue weighted by Crippen LogP contribution is -2.71.